The number of methoxy groups -OCH3 is 1. The Bertz CT molecular complexity index is 194. The monoisotopic (exact) mass is 212 g/mol. The minimum Gasteiger partial charge on any atom is -0.468 e. The van der Waals surface area contributed by atoms with Gasteiger partial charge >= 0.3 is 5.97 Å². The Balaban J connectivity index is 4.28. The van der Waals surface area contributed by atoms with E-state index in [1.807, 2.05) is 0 Å². The maximum Gasteiger partial charge on any atom is 0.328 e. The first kappa shape index (κ1) is 11.7. The molecule has 2 unspecified atom stereocenters. The van der Waals surface area contributed by atoms with Crippen molar-refractivity contribution in [1.82, 2.24) is 0 Å². The molecular formula is C6H10Cl2N2O2. The van der Waals surface area contributed by atoms with Gasteiger partial charge in [0.15, 0.2) is 0 Å². The fourth-order valence-corrected chi connectivity index (χ4v) is 0.920. The Morgan fingerprint density at radius 3 is 2.42 bits per heavy atom. The van der Waals surface area contributed by atoms with E-state index in [1.54, 1.807) is 0 Å². The number of esters is 1. The summed E-state index contributed by atoms with van der Waals surface area (Å²) in [6.07, 6.45) is 1.27. The molecule has 4 N–H and O–H groups in total. The summed E-state index contributed by atoms with van der Waals surface area (Å²) in [7, 11) is 1.22. The number of alkyl halides is 1. The van der Waals surface area contributed by atoms with E-state index in [9.17, 15) is 4.79 Å². The van der Waals surface area contributed by atoms with Gasteiger partial charge in [-0.25, -0.2) is 4.79 Å². The van der Waals surface area contributed by atoms with Crippen LogP contribution in [0.3, 0.4) is 0 Å². The van der Waals surface area contributed by atoms with Gasteiger partial charge in [-0.1, -0.05) is 11.6 Å². The molecule has 0 saturated carbocycles. The minimum absolute atomic E-state index is 0.0735. The van der Waals surface area contributed by atoms with Gasteiger partial charge in [-0.05, 0) is 6.08 Å². The first-order valence-electron chi connectivity index (χ1n) is 3.09. The molecule has 0 bridgehead atoms. The van der Waals surface area contributed by atoms with Crippen molar-refractivity contribution in [2.45, 2.75) is 11.5 Å². The standard InChI is InChI=1S/C6H10Cl2N2O2/c1-12-6(11)5(10)3(7)2-4(8)9/h2,4-5H,9-10H2,1H3/b3-2+. The summed E-state index contributed by atoms with van der Waals surface area (Å²) in [5.74, 6) is -0.631. The van der Waals surface area contributed by atoms with Crippen LogP contribution in [0, 0.1) is 0 Å². The third-order valence-electron chi connectivity index (χ3n) is 1.07. The van der Waals surface area contributed by atoms with Gasteiger partial charge in [0.05, 0.1) is 7.11 Å². The molecule has 4 nitrogen and oxygen atoms in total. The minimum atomic E-state index is -1.01. The van der Waals surface area contributed by atoms with Gasteiger partial charge in [-0.2, -0.15) is 0 Å². The third kappa shape index (κ3) is 3.92. The zero-order chi connectivity index (χ0) is 9.72. The van der Waals surface area contributed by atoms with Crippen LogP contribution in [0.25, 0.3) is 0 Å². The molecule has 0 spiro atoms. The second kappa shape index (κ2) is 5.37. The molecule has 0 aromatic rings. The van der Waals surface area contributed by atoms with Gasteiger partial charge in [0.1, 0.15) is 11.5 Å². The SMILES string of the molecule is COC(=O)C(N)/C(Cl)=C\C(N)Cl. The molecule has 0 rings (SSSR count). The second-order valence-corrected chi connectivity index (χ2v) is 2.94. The summed E-state index contributed by atoms with van der Waals surface area (Å²) in [6.45, 7) is 0. The van der Waals surface area contributed by atoms with Gasteiger partial charge in [0.2, 0.25) is 0 Å². The van der Waals surface area contributed by atoms with Gasteiger partial charge in [-0.15, -0.1) is 11.6 Å². The van der Waals surface area contributed by atoms with Gasteiger partial charge < -0.3 is 16.2 Å². The fourth-order valence-electron chi connectivity index (χ4n) is 0.495. The van der Waals surface area contributed by atoms with E-state index < -0.39 is 17.5 Å². The van der Waals surface area contributed by atoms with Crippen molar-refractivity contribution in [3.8, 4) is 0 Å². The normalized spacial score (nSPS) is 16.9. The molecule has 0 amide bonds. The third-order valence-corrected chi connectivity index (χ3v) is 1.56. The Labute approximate surface area is 80.4 Å². The van der Waals surface area contributed by atoms with Crippen molar-refractivity contribution < 1.29 is 9.53 Å². The van der Waals surface area contributed by atoms with Crippen LogP contribution in [0.15, 0.2) is 11.1 Å². The number of hydrogen-bond donors (Lipinski definition) is 2. The summed E-state index contributed by atoms with van der Waals surface area (Å²) >= 11 is 10.9. The van der Waals surface area contributed by atoms with Crippen molar-refractivity contribution in [2.75, 3.05) is 7.11 Å². The van der Waals surface area contributed by atoms with E-state index in [-0.39, 0.29) is 5.03 Å². The summed E-state index contributed by atoms with van der Waals surface area (Å²) in [5.41, 5.74) is 9.74. The number of rotatable bonds is 3. The molecule has 70 valence electrons. The molecular weight excluding hydrogens is 203 g/mol. The lowest BCUT2D eigenvalue weighted by Gasteiger charge is -2.07. The van der Waals surface area contributed by atoms with Crippen LogP contribution in [-0.4, -0.2) is 24.6 Å². The molecule has 0 aromatic heterocycles. The fraction of sp³-hybridized carbons (Fsp3) is 0.500. The first-order valence-corrected chi connectivity index (χ1v) is 3.90. The van der Waals surface area contributed by atoms with Gasteiger partial charge in [-0.3, -0.25) is 0 Å². The number of carbonyl (C=O) groups is 1. The molecule has 0 aliphatic carbocycles. The summed E-state index contributed by atoms with van der Waals surface area (Å²) in [6, 6.07) is -1.01. The van der Waals surface area contributed by atoms with Crippen LogP contribution < -0.4 is 11.5 Å². The molecule has 0 aromatic carbocycles. The highest BCUT2D eigenvalue weighted by atomic mass is 35.5. The molecule has 0 heterocycles. The van der Waals surface area contributed by atoms with Gasteiger partial charge in [0, 0.05) is 5.03 Å². The largest absolute Gasteiger partial charge is 0.468 e. The molecule has 0 saturated heterocycles. The van der Waals surface area contributed by atoms with Crippen molar-refractivity contribution >= 4 is 29.2 Å². The average molecular weight is 213 g/mol. The highest BCUT2D eigenvalue weighted by Gasteiger charge is 2.17. The van der Waals surface area contributed by atoms with E-state index in [4.69, 9.17) is 34.7 Å². The number of nitrogens with two attached hydrogens (primary N) is 2. The lowest BCUT2D eigenvalue weighted by atomic mass is 10.3. The molecule has 12 heavy (non-hydrogen) atoms. The predicted octanol–water partition coefficient (Wildman–Crippen LogP) is 0.133. The van der Waals surface area contributed by atoms with Crippen molar-refractivity contribution in [3.63, 3.8) is 0 Å². The van der Waals surface area contributed by atoms with E-state index in [1.165, 1.54) is 13.2 Å². The Morgan fingerprint density at radius 2 is 2.08 bits per heavy atom. The summed E-state index contributed by atoms with van der Waals surface area (Å²) < 4.78 is 4.34. The maximum absolute atomic E-state index is 10.8. The van der Waals surface area contributed by atoms with E-state index >= 15 is 0 Å². The van der Waals surface area contributed by atoms with E-state index in [2.05, 4.69) is 4.74 Å². The molecule has 0 aliphatic heterocycles. The van der Waals surface area contributed by atoms with Crippen LogP contribution in [0.1, 0.15) is 0 Å². The summed E-state index contributed by atoms with van der Waals surface area (Å²) in [4.78, 5) is 10.8. The topological polar surface area (TPSA) is 78.3 Å². The molecule has 0 aliphatic rings. The van der Waals surface area contributed by atoms with Gasteiger partial charge in [0.25, 0.3) is 0 Å². The predicted molar refractivity (Wildman–Crippen MR) is 47.8 cm³/mol. The van der Waals surface area contributed by atoms with Crippen LogP contribution in [0.2, 0.25) is 0 Å². The number of hydrogen-bond acceptors (Lipinski definition) is 4. The lowest BCUT2D eigenvalue weighted by molar-refractivity contribution is -0.141. The van der Waals surface area contributed by atoms with Crippen molar-refractivity contribution in [1.29, 1.82) is 0 Å². The highest BCUT2D eigenvalue weighted by Crippen LogP contribution is 2.09. The van der Waals surface area contributed by atoms with Crippen molar-refractivity contribution in [2.24, 2.45) is 11.5 Å². The van der Waals surface area contributed by atoms with E-state index in [0.717, 1.165) is 0 Å². The zero-order valence-corrected chi connectivity index (χ0v) is 7.97. The van der Waals surface area contributed by atoms with Crippen molar-refractivity contribution in [3.05, 3.63) is 11.1 Å². The molecule has 2 atom stereocenters. The van der Waals surface area contributed by atoms with Crippen LogP contribution >= 0.6 is 23.2 Å². The number of carbonyl (C=O) groups excluding carboxylic acids is 1. The van der Waals surface area contributed by atoms with Crippen LogP contribution in [0.4, 0.5) is 0 Å². The Kier molecular flexibility index (Phi) is 5.24. The Morgan fingerprint density at radius 1 is 1.58 bits per heavy atom. The quantitative estimate of drug-likeness (QED) is 0.397. The van der Waals surface area contributed by atoms with Crippen LogP contribution in [0.5, 0.6) is 0 Å². The van der Waals surface area contributed by atoms with Crippen LogP contribution in [-0.2, 0) is 9.53 Å². The molecule has 6 heteroatoms. The summed E-state index contributed by atoms with van der Waals surface area (Å²) in [5, 5.41) is 0.0735. The smallest absolute Gasteiger partial charge is 0.328 e. The molecule has 0 fully saturated rings. The molecule has 0 radical (unpaired) electrons. The maximum atomic E-state index is 10.8. The average Bonchev–Trinajstić information content (AvgIpc) is 2.00. The van der Waals surface area contributed by atoms with E-state index in [0.29, 0.717) is 0 Å². The lowest BCUT2D eigenvalue weighted by Crippen LogP contribution is -2.32. The highest BCUT2D eigenvalue weighted by molar-refractivity contribution is 6.32. The second-order valence-electron chi connectivity index (χ2n) is 2.00. The number of ether oxygens (including phenoxy) is 1. The zero-order valence-electron chi connectivity index (χ0n) is 6.46. The first-order chi connectivity index (χ1) is 5.49. The Hall–Kier alpha value is -0.290. The number of halogens is 2.